The number of carbonyl (C=O) groups is 2. The third-order valence-corrected chi connectivity index (χ3v) is 4.39. The van der Waals surface area contributed by atoms with E-state index in [1.165, 1.54) is 0 Å². The fraction of sp³-hybridized carbons (Fsp3) is 0.500. The molecule has 2 atom stereocenters. The Labute approximate surface area is 123 Å². The van der Waals surface area contributed by atoms with Gasteiger partial charge in [0.05, 0.1) is 12.5 Å². The lowest BCUT2D eigenvalue weighted by Gasteiger charge is -2.27. The lowest BCUT2D eigenvalue weighted by molar-refractivity contribution is -0.115. The maximum atomic E-state index is 12.2. The fourth-order valence-electron chi connectivity index (χ4n) is 3.11. The molecule has 1 aromatic rings. The molecule has 112 valence electrons. The van der Waals surface area contributed by atoms with Gasteiger partial charge < -0.3 is 15.7 Å². The van der Waals surface area contributed by atoms with Gasteiger partial charge in [-0.1, -0.05) is 18.9 Å². The number of anilines is 1. The minimum atomic E-state index is -0.307. The van der Waals surface area contributed by atoms with E-state index in [0.29, 0.717) is 18.5 Å². The molecule has 21 heavy (non-hydrogen) atoms. The normalized spacial score (nSPS) is 24.3. The van der Waals surface area contributed by atoms with Crippen LogP contribution in [-0.2, 0) is 11.2 Å². The molecule has 3 rings (SSSR count). The summed E-state index contributed by atoms with van der Waals surface area (Å²) in [4.78, 5) is 23.5. The Hall–Kier alpha value is -1.88. The van der Waals surface area contributed by atoms with Gasteiger partial charge in [-0.15, -0.1) is 0 Å². The molecule has 1 aliphatic carbocycles. The number of hydrogen-bond acceptors (Lipinski definition) is 3. The minimum Gasteiger partial charge on any atom is -0.393 e. The van der Waals surface area contributed by atoms with Crippen LogP contribution in [0.1, 0.15) is 41.6 Å². The van der Waals surface area contributed by atoms with E-state index in [-0.39, 0.29) is 23.8 Å². The van der Waals surface area contributed by atoms with E-state index in [0.717, 1.165) is 36.9 Å². The second-order valence-electron chi connectivity index (χ2n) is 5.92. The van der Waals surface area contributed by atoms with Crippen LogP contribution in [0.25, 0.3) is 0 Å². The van der Waals surface area contributed by atoms with Crippen molar-refractivity contribution in [3.05, 3.63) is 29.3 Å². The highest BCUT2D eigenvalue weighted by atomic mass is 16.3. The summed E-state index contributed by atoms with van der Waals surface area (Å²) in [6, 6.07) is 5.27. The van der Waals surface area contributed by atoms with Crippen molar-refractivity contribution < 1.29 is 14.7 Å². The van der Waals surface area contributed by atoms with E-state index in [9.17, 15) is 14.7 Å². The zero-order valence-corrected chi connectivity index (χ0v) is 11.9. The van der Waals surface area contributed by atoms with Crippen LogP contribution in [-0.4, -0.2) is 29.6 Å². The Kier molecular flexibility index (Phi) is 3.92. The molecule has 1 fully saturated rings. The molecule has 1 aromatic carbocycles. The summed E-state index contributed by atoms with van der Waals surface area (Å²) >= 11 is 0. The van der Waals surface area contributed by atoms with Crippen molar-refractivity contribution in [3.8, 4) is 0 Å². The lowest BCUT2D eigenvalue weighted by Crippen LogP contribution is -2.36. The summed E-state index contributed by atoms with van der Waals surface area (Å²) in [5.74, 6) is -0.0403. The molecule has 0 aromatic heterocycles. The molecule has 0 bridgehead atoms. The zero-order chi connectivity index (χ0) is 14.8. The Bertz CT molecular complexity index is 571. The van der Waals surface area contributed by atoms with E-state index in [1.807, 2.05) is 6.07 Å². The molecule has 0 spiro atoms. The van der Waals surface area contributed by atoms with Gasteiger partial charge in [0.1, 0.15) is 0 Å². The monoisotopic (exact) mass is 288 g/mol. The van der Waals surface area contributed by atoms with Gasteiger partial charge in [-0.3, -0.25) is 9.59 Å². The molecule has 0 saturated heterocycles. The van der Waals surface area contributed by atoms with Crippen molar-refractivity contribution in [2.75, 3.05) is 11.9 Å². The van der Waals surface area contributed by atoms with E-state index in [4.69, 9.17) is 0 Å². The highest BCUT2D eigenvalue weighted by Crippen LogP contribution is 2.25. The summed E-state index contributed by atoms with van der Waals surface area (Å²) in [6.07, 6.45) is 4.04. The fourth-order valence-corrected chi connectivity index (χ4v) is 3.11. The first-order chi connectivity index (χ1) is 10.1. The zero-order valence-electron chi connectivity index (χ0n) is 11.9. The minimum absolute atomic E-state index is 0.0344. The quantitative estimate of drug-likeness (QED) is 0.788. The van der Waals surface area contributed by atoms with Gasteiger partial charge in [-0.2, -0.15) is 0 Å². The highest BCUT2D eigenvalue weighted by Gasteiger charge is 2.24. The largest absolute Gasteiger partial charge is 0.393 e. The molecule has 5 nitrogen and oxygen atoms in total. The van der Waals surface area contributed by atoms with E-state index < -0.39 is 0 Å². The number of hydrogen-bond donors (Lipinski definition) is 3. The number of amides is 2. The van der Waals surface area contributed by atoms with E-state index in [1.54, 1.807) is 12.1 Å². The Balaban J connectivity index is 1.61. The topological polar surface area (TPSA) is 78.4 Å². The summed E-state index contributed by atoms with van der Waals surface area (Å²) in [7, 11) is 0. The van der Waals surface area contributed by atoms with Crippen LogP contribution < -0.4 is 10.6 Å². The van der Waals surface area contributed by atoms with Crippen molar-refractivity contribution in [2.24, 2.45) is 5.92 Å². The lowest BCUT2D eigenvalue weighted by atomic mass is 9.86. The maximum absolute atomic E-state index is 12.2. The van der Waals surface area contributed by atoms with Crippen LogP contribution in [0.4, 0.5) is 5.69 Å². The molecular weight excluding hydrogens is 268 g/mol. The summed E-state index contributed by atoms with van der Waals surface area (Å²) < 4.78 is 0. The van der Waals surface area contributed by atoms with Gasteiger partial charge in [-0.05, 0) is 30.5 Å². The van der Waals surface area contributed by atoms with Gasteiger partial charge >= 0.3 is 0 Å². The van der Waals surface area contributed by atoms with Gasteiger partial charge in [0.25, 0.3) is 5.91 Å². The standard InChI is InChI=1S/C16H20N2O3/c19-14-4-2-1-3-12(14)9-17-16(21)11-6-5-10-8-15(20)18-13(10)7-11/h5-7,12,14,19H,1-4,8-9H2,(H,17,21)(H,18,20). The first-order valence-electron chi connectivity index (χ1n) is 7.52. The smallest absolute Gasteiger partial charge is 0.251 e. The number of aliphatic hydroxyl groups is 1. The van der Waals surface area contributed by atoms with E-state index >= 15 is 0 Å². The number of aliphatic hydroxyl groups excluding tert-OH is 1. The molecular formula is C16H20N2O3. The number of carbonyl (C=O) groups excluding carboxylic acids is 2. The van der Waals surface area contributed by atoms with Gasteiger partial charge in [0, 0.05) is 23.7 Å². The molecule has 2 aliphatic rings. The van der Waals surface area contributed by atoms with Crippen molar-refractivity contribution >= 4 is 17.5 Å². The number of rotatable bonds is 3. The predicted molar refractivity (Wildman–Crippen MR) is 79.1 cm³/mol. The first kappa shape index (κ1) is 14.1. The van der Waals surface area contributed by atoms with Gasteiger partial charge in [-0.25, -0.2) is 0 Å². The molecule has 1 saturated carbocycles. The molecule has 3 N–H and O–H groups in total. The number of nitrogens with one attached hydrogen (secondary N) is 2. The maximum Gasteiger partial charge on any atom is 0.251 e. The average molecular weight is 288 g/mol. The van der Waals surface area contributed by atoms with Crippen LogP contribution in [0.15, 0.2) is 18.2 Å². The summed E-state index contributed by atoms with van der Waals surface area (Å²) in [6.45, 7) is 0.503. The highest BCUT2D eigenvalue weighted by molar-refractivity contribution is 6.02. The summed E-state index contributed by atoms with van der Waals surface area (Å²) in [5, 5.41) is 15.5. The summed E-state index contributed by atoms with van der Waals surface area (Å²) in [5.41, 5.74) is 2.20. The van der Waals surface area contributed by atoms with Crippen LogP contribution in [0.5, 0.6) is 0 Å². The van der Waals surface area contributed by atoms with Gasteiger partial charge in [0.15, 0.2) is 0 Å². The number of benzene rings is 1. The Morgan fingerprint density at radius 3 is 2.95 bits per heavy atom. The molecule has 2 unspecified atom stereocenters. The van der Waals surface area contributed by atoms with Gasteiger partial charge in [0.2, 0.25) is 5.91 Å². The molecule has 1 heterocycles. The van der Waals surface area contributed by atoms with Crippen LogP contribution in [0.3, 0.4) is 0 Å². The SMILES string of the molecule is O=C1Cc2ccc(C(=O)NCC3CCCCC3O)cc2N1. The average Bonchev–Trinajstić information content (AvgIpc) is 2.85. The van der Waals surface area contributed by atoms with Crippen molar-refractivity contribution in [3.63, 3.8) is 0 Å². The van der Waals surface area contributed by atoms with E-state index in [2.05, 4.69) is 10.6 Å². The molecule has 1 aliphatic heterocycles. The third kappa shape index (κ3) is 3.08. The Morgan fingerprint density at radius 1 is 1.33 bits per heavy atom. The van der Waals surface area contributed by atoms with Crippen LogP contribution in [0, 0.1) is 5.92 Å². The Morgan fingerprint density at radius 2 is 2.14 bits per heavy atom. The van der Waals surface area contributed by atoms with Crippen molar-refractivity contribution in [2.45, 2.75) is 38.2 Å². The third-order valence-electron chi connectivity index (χ3n) is 4.39. The van der Waals surface area contributed by atoms with Crippen LogP contribution >= 0.6 is 0 Å². The second kappa shape index (κ2) is 5.85. The predicted octanol–water partition coefficient (Wildman–Crippen LogP) is 1.46. The van der Waals surface area contributed by atoms with Crippen molar-refractivity contribution in [1.29, 1.82) is 0 Å². The van der Waals surface area contributed by atoms with Crippen molar-refractivity contribution in [1.82, 2.24) is 5.32 Å². The van der Waals surface area contributed by atoms with Crippen LogP contribution in [0.2, 0.25) is 0 Å². The first-order valence-corrected chi connectivity index (χ1v) is 7.52. The molecule has 2 amide bonds. The molecule has 0 radical (unpaired) electrons. The number of fused-ring (bicyclic) bond motifs is 1. The molecule has 5 heteroatoms. The second-order valence-corrected chi connectivity index (χ2v) is 5.92.